The third-order valence-electron chi connectivity index (χ3n) is 3.78. The molecule has 21 heavy (non-hydrogen) atoms. The van der Waals surface area contributed by atoms with Crippen LogP contribution in [0, 0.1) is 6.92 Å². The molecule has 0 bridgehead atoms. The van der Waals surface area contributed by atoms with Crippen LogP contribution >= 0.6 is 0 Å². The van der Waals surface area contributed by atoms with E-state index in [4.69, 9.17) is 9.47 Å². The Kier molecular flexibility index (Phi) is 5.54. The van der Waals surface area contributed by atoms with Gasteiger partial charge in [0, 0.05) is 25.3 Å². The summed E-state index contributed by atoms with van der Waals surface area (Å²) >= 11 is 0. The molecule has 0 saturated carbocycles. The quantitative estimate of drug-likeness (QED) is 0.704. The van der Waals surface area contributed by atoms with Gasteiger partial charge in [-0.2, -0.15) is 0 Å². The maximum Gasteiger partial charge on any atom is 0.221 e. The molecule has 0 spiro atoms. The molecule has 0 saturated heterocycles. The van der Waals surface area contributed by atoms with Crippen molar-refractivity contribution in [3.63, 3.8) is 0 Å². The number of hydrogen-bond donors (Lipinski definition) is 0. The fourth-order valence-corrected chi connectivity index (χ4v) is 2.60. The molecule has 0 aliphatic carbocycles. The summed E-state index contributed by atoms with van der Waals surface area (Å²) in [6.45, 7) is 3.88. The summed E-state index contributed by atoms with van der Waals surface area (Å²) < 4.78 is 11.5. The van der Waals surface area contributed by atoms with Crippen molar-refractivity contribution >= 4 is 0 Å². The van der Waals surface area contributed by atoms with Gasteiger partial charge >= 0.3 is 0 Å². The van der Waals surface area contributed by atoms with E-state index in [1.54, 1.807) is 14.2 Å². The maximum absolute atomic E-state index is 5.75. The molecule has 111 valence electrons. The number of benzene rings is 2. The molecule has 2 nitrogen and oxygen atoms in total. The van der Waals surface area contributed by atoms with Crippen molar-refractivity contribution in [3.8, 4) is 0 Å². The maximum atomic E-state index is 5.75. The van der Waals surface area contributed by atoms with Gasteiger partial charge in [0.05, 0.1) is 0 Å². The lowest BCUT2D eigenvalue weighted by Gasteiger charge is -2.32. The molecular weight excluding hydrogens is 260 g/mol. The summed E-state index contributed by atoms with van der Waals surface area (Å²) in [7, 11) is 3.35. The Balaban J connectivity index is 2.34. The van der Waals surface area contributed by atoms with Gasteiger partial charge in [0.15, 0.2) is 0 Å². The average Bonchev–Trinajstić information content (AvgIpc) is 2.57. The molecule has 0 N–H and O–H groups in total. The van der Waals surface area contributed by atoms with Gasteiger partial charge in [-0.25, -0.2) is 0 Å². The third kappa shape index (κ3) is 3.34. The number of aryl methyl sites for hydroxylation is 1. The molecule has 2 aromatic carbocycles. The van der Waals surface area contributed by atoms with Crippen LogP contribution < -0.4 is 0 Å². The minimum absolute atomic E-state index is 0.855. The highest BCUT2D eigenvalue weighted by Gasteiger charge is 2.34. The summed E-state index contributed by atoms with van der Waals surface area (Å²) in [4.78, 5) is 0. The Labute approximate surface area is 127 Å². The minimum atomic E-state index is -0.855. The number of hydrogen-bond acceptors (Lipinski definition) is 2. The molecule has 0 aliphatic heterocycles. The van der Waals surface area contributed by atoms with E-state index in [1.807, 2.05) is 30.3 Å². The lowest BCUT2D eigenvalue weighted by molar-refractivity contribution is -0.183. The largest absolute Gasteiger partial charge is 0.346 e. The van der Waals surface area contributed by atoms with Crippen LogP contribution in [0.25, 0.3) is 0 Å². The standard InChI is InChI=1S/C19H23O2/c1-4-5-9-16-12-14-18(15-13-16)19(20-2,21-3)17-10-7-6-8-11-17/h6-8,10-15H,1,4-5,9H2,2-3H3. The van der Waals surface area contributed by atoms with Crippen LogP contribution in [0.3, 0.4) is 0 Å². The fraction of sp³-hybridized carbons (Fsp3) is 0.316. The van der Waals surface area contributed by atoms with E-state index in [0.29, 0.717) is 0 Å². The second-order valence-corrected chi connectivity index (χ2v) is 5.04. The summed E-state index contributed by atoms with van der Waals surface area (Å²) in [5, 5.41) is 0. The van der Waals surface area contributed by atoms with Crippen LogP contribution in [0.2, 0.25) is 0 Å². The molecule has 0 amide bonds. The van der Waals surface area contributed by atoms with E-state index in [1.165, 1.54) is 5.56 Å². The van der Waals surface area contributed by atoms with Crippen LogP contribution in [0.1, 0.15) is 29.5 Å². The molecule has 2 rings (SSSR count). The van der Waals surface area contributed by atoms with Crippen molar-refractivity contribution in [2.24, 2.45) is 0 Å². The molecule has 0 atom stereocenters. The predicted octanol–water partition coefficient (Wildman–Crippen LogP) is 4.34. The Morgan fingerprint density at radius 1 is 0.857 bits per heavy atom. The van der Waals surface area contributed by atoms with E-state index in [2.05, 4.69) is 31.2 Å². The highest BCUT2D eigenvalue weighted by atomic mass is 16.7. The number of ether oxygens (including phenoxy) is 2. The molecule has 0 heterocycles. The molecule has 0 aromatic heterocycles. The lowest BCUT2D eigenvalue weighted by Crippen LogP contribution is -2.32. The number of rotatable bonds is 7. The normalized spacial score (nSPS) is 11.6. The third-order valence-corrected chi connectivity index (χ3v) is 3.78. The Morgan fingerprint density at radius 3 is 1.95 bits per heavy atom. The van der Waals surface area contributed by atoms with E-state index in [-0.39, 0.29) is 0 Å². The first-order valence-corrected chi connectivity index (χ1v) is 7.31. The van der Waals surface area contributed by atoms with Gasteiger partial charge in [-0.05, 0) is 18.4 Å². The van der Waals surface area contributed by atoms with Gasteiger partial charge in [0.1, 0.15) is 0 Å². The van der Waals surface area contributed by atoms with Crippen LogP contribution in [-0.2, 0) is 21.7 Å². The molecule has 2 aromatic rings. The highest BCUT2D eigenvalue weighted by molar-refractivity contribution is 5.35. The molecule has 1 radical (unpaired) electrons. The fourth-order valence-electron chi connectivity index (χ4n) is 2.60. The molecule has 2 heteroatoms. The van der Waals surface area contributed by atoms with Crippen molar-refractivity contribution in [3.05, 3.63) is 78.2 Å². The molecule has 0 fully saturated rings. The van der Waals surface area contributed by atoms with E-state index >= 15 is 0 Å². The SMILES string of the molecule is [CH2]CCCc1ccc(C(OC)(OC)c2ccccc2)cc1. The zero-order chi connectivity index (χ0) is 15.1. The van der Waals surface area contributed by atoms with E-state index in [0.717, 1.165) is 30.4 Å². The first-order valence-electron chi connectivity index (χ1n) is 7.31. The van der Waals surface area contributed by atoms with Crippen molar-refractivity contribution in [1.29, 1.82) is 0 Å². The Bertz CT molecular complexity index is 527. The number of unbranched alkanes of at least 4 members (excludes halogenated alkanes) is 1. The van der Waals surface area contributed by atoms with Gasteiger partial charge in [0.25, 0.3) is 0 Å². The van der Waals surface area contributed by atoms with Gasteiger partial charge in [0.2, 0.25) is 5.79 Å². The van der Waals surface area contributed by atoms with Crippen molar-refractivity contribution < 1.29 is 9.47 Å². The smallest absolute Gasteiger partial charge is 0.221 e. The molecule has 0 unspecified atom stereocenters. The summed E-state index contributed by atoms with van der Waals surface area (Å²) in [5.41, 5.74) is 3.30. The Hall–Kier alpha value is -1.64. The first-order chi connectivity index (χ1) is 10.3. The second-order valence-electron chi connectivity index (χ2n) is 5.04. The second kappa shape index (κ2) is 7.39. The number of methoxy groups -OCH3 is 2. The van der Waals surface area contributed by atoms with Gasteiger partial charge in [-0.15, -0.1) is 0 Å². The predicted molar refractivity (Wildman–Crippen MR) is 86.0 cm³/mol. The summed E-state index contributed by atoms with van der Waals surface area (Å²) in [6.07, 6.45) is 3.13. The summed E-state index contributed by atoms with van der Waals surface area (Å²) in [5.74, 6) is -0.855. The van der Waals surface area contributed by atoms with Crippen LogP contribution in [-0.4, -0.2) is 14.2 Å². The minimum Gasteiger partial charge on any atom is -0.346 e. The Morgan fingerprint density at radius 2 is 1.43 bits per heavy atom. The van der Waals surface area contributed by atoms with Crippen LogP contribution in [0.15, 0.2) is 54.6 Å². The van der Waals surface area contributed by atoms with E-state index < -0.39 is 5.79 Å². The van der Waals surface area contributed by atoms with Crippen molar-refractivity contribution in [1.82, 2.24) is 0 Å². The topological polar surface area (TPSA) is 18.5 Å². The van der Waals surface area contributed by atoms with Gasteiger partial charge in [-0.3, -0.25) is 0 Å². The first kappa shape index (κ1) is 15.7. The van der Waals surface area contributed by atoms with Crippen molar-refractivity contribution in [2.75, 3.05) is 14.2 Å². The average molecular weight is 283 g/mol. The van der Waals surface area contributed by atoms with Gasteiger partial charge in [-0.1, -0.05) is 67.9 Å². The zero-order valence-corrected chi connectivity index (χ0v) is 12.8. The monoisotopic (exact) mass is 283 g/mol. The van der Waals surface area contributed by atoms with Gasteiger partial charge < -0.3 is 9.47 Å². The molecular formula is C19H23O2. The lowest BCUT2D eigenvalue weighted by atomic mass is 9.95. The highest BCUT2D eigenvalue weighted by Crippen LogP contribution is 2.34. The van der Waals surface area contributed by atoms with Crippen LogP contribution in [0.4, 0.5) is 0 Å². The van der Waals surface area contributed by atoms with E-state index in [9.17, 15) is 0 Å². The summed E-state index contributed by atoms with van der Waals surface area (Å²) in [6, 6.07) is 18.4. The zero-order valence-electron chi connectivity index (χ0n) is 12.8. The van der Waals surface area contributed by atoms with Crippen LogP contribution in [0.5, 0.6) is 0 Å². The molecule has 0 aliphatic rings. The van der Waals surface area contributed by atoms with Crippen molar-refractivity contribution in [2.45, 2.75) is 25.0 Å².